The second-order valence-corrected chi connectivity index (χ2v) is 4.70. The van der Waals surface area contributed by atoms with Crippen molar-refractivity contribution in [2.75, 3.05) is 13.2 Å². The summed E-state index contributed by atoms with van der Waals surface area (Å²) in [6.45, 7) is 0.711. The molecular weight excluding hydrogens is 228 g/mol. The smallest absolute Gasteiger partial charge is 0.258 e. The first-order valence-electron chi connectivity index (χ1n) is 6.47. The van der Waals surface area contributed by atoms with Crippen LogP contribution in [0.4, 0.5) is 0 Å². The maximum atomic E-state index is 11.8. The zero-order valence-corrected chi connectivity index (χ0v) is 10.5. The van der Waals surface area contributed by atoms with E-state index in [0.717, 1.165) is 25.0 Å². The minimum atomic E-state index is -0.0656. The van der Waals surface area contributed by atoms with Gasteiger partial charge in [0.15, 0.2) is 6.61 Å². The predicted octanol–water partition coefficient (Wildman–Crippen LogP) is 1.31. The highest BCUT2D eigenvalue weighted by Crippen LogP contribution is 2.24. The third-order valence-corrected chi connectivity index (χ3v) is 3.42. The Hall–Kier alpha value is -1.55. The van der Waals surface area contributed by atoms with Crippen LogP contribution in [0.2, 0.25) is 0 Å². The monoisotopic (exact) mass is 248 g/mol. The summed E-state index contributed by atoms with van der Waals surface area (Å²) in [5.74, 6) is 1.07. The molecule has 2 unspecified atom stereocenters. The van der Waals surface area contributed by atoms with Gasteiger partial charge in [-0.2, -0.15) is 0 Å². The third-order valence-electron chi connectivity index (χ3n) is 3.42. The number of nitrogens with one attached hydrogen (secondary N) is 1. The summed E-state index contributed by atoms with van der Waals surface area (Å²) in [6, 6.07) is 9.58. The molecule has 4 nitrogen and oxygen atoms in total. The molecule has 3 N–H and O–H groups in total. The molecule has 0 aromatic heterocycles. The van der Waals surface area contributed by atoms with Crippen LogP contribution in [0, 0.1) is 5.92 Å². The van der Waals surface area contributed by atoms with Gasteiger partial charge in [0.05, 0.1) is 0 Å². The second kappa shape index (κ2) is 6.40. The first-order chi connectivity index (χ1) is 8.79. The first kappa shape index (κ1) is 12.9. The van der Waals surface area contributed by atoms with Crippen LogP contribution < -0.4 is 15.8 Å². The van der Waals surface area contributed by atoms with Crippen LogP contribution in [-0.4, -0.2) is 25.1 Å². The Morgan fingerprint density at radius 3 is 2.83 bits per heavy atom. The number of carbonyl (C=O) groups is 1. The Morgan fingerprint density at radius 2 is 2.11 bits per heavy atom. The number of rotatable bonds is 5. The van der Waals surface area contributed by atoms with Crippen LogP contribution in [0.1, 0.15) is 19.3 Å². The van der Waals surface area contributed by atoms with Crippen LogP contribution >= 0.6 is 0 Å². The molecule has 0 radical (unpaired) electrons. The normalized spacial score (nSPS) is 22.7. The fraction of sp³-hybridized carbons (Fsp3) is 0.500. The van der Waals surface area contributed by atoms with E-state index in [-0.39, 0.29) is 18.6 Å². The SMILES string of the molecule is NCC1CCCC1NC(=O)COc1ccccc1. The zero-order chi connectivity index (χ0) is 12.8. The van der Waals surface area contributed by atoms with E-state index in [0.29, 0.717) is 12.5 Å². The van der Waals surface area contributed by atoms with E-state index < -0.39 is 0 Å². The van der Waals surface area contributed by atoms with Crippen molar-refractivity contribution in [2.45, 2.75) is 25.3 Å². The lowest BCUT2D eigenvalue weighted by atomic mass is 10.0. The lowest BCUT2D eigenvalue weighted by Gasteiger charge is -2.19. The molecule has 0 bridgehead atoms. The molecule has 18 heavy (non-hydrogen) atoms. The Bertz CT molecular complexity index is 381. The van der Waals surface area contributed by atoms with E-state index in [2.05, 4.69) is 5.32 Å². The fourth-order valence-electron chi connectivity index (χ4n) is 2.42. The van der Waals surface area contributed by atoms with E-state index in [1.54, 1.807) is 0 Å². The number of benzene rings is 1. The molecule has 1 aromatic rings. The Labute approximate surface area is 108 Å². The van der Waals surface area contributed by atoms with Gasteiger partial charge in [-0.15, -0.1) is 0 Å². The van der Waals surface area contributed by atoms with Gasteiger partial charge in [-0.3, -0.25) is 4.79 Å². The van der Waals surface area contributed by atoms with Crippen molar-refractivity contribution in [1.82, 2.24) is 5.32 Å². The highest BCUT2D eigenvalue weighted by molar-refractivity contribution is 5.77. The molecule has 4 heteroatoms. The lowest BCUT2D eigenvalue weighted by molar-refractivity contribution is -0.124. The van der Waals surface area contributed by atoms with Gasteiger partial charge in [-0.1, -0.05) is 24.6 Å². The minimum Gasteiger partial charge on any atom is -0.484 e. The number of hydrogen-bond acceptors (Lipinski definition) is 3. The summed E-state index contributed by atoms with van der Waals surface area (Å²) in [5, 5.41) is 3.01. The van der Waals surface area contributed by atoms with Crippen molar-refractivity contribution in [3.8, 4) is 5.75 Å². The second-order valence-electron chi connectivity index (χ2n) is 4.70. The summed E-state index contributed by atoms with van der Waals surface area (Å²) in [6.07, 6.45) is 3.28. The van der Waals surface area contributed by atoms with Crippen molar-refractivity contribution in [2.24, 2.45) is 11.7 Å². The molecule has 0 spiro atoms. The topological polar surface area (TPSA) is 64.3 Å². The van der Waals surface area contributed by atoms with Gasteiger partial charge in [0.2, 0.25) is 0 Å². The van der Waals surface area contributed by atoms with Gasteiger partial charge < -0.3 is 15.8 Å². The largest absolute Gasteiger partial charge is 0.484 e. The van der Waals surface area contributed by atoms with E-state index in [1.165, 1.54) is 0 Å². The van der Waals surface area contributed by atoms with Crippen LogP contribution in [-0.2, 0) is 4.79 Å². The molecule has 1 aromatic carbocycles. The number of nitrogens with two attached hydrogens (primary N) is 1. The summed E-state index contributed by atoms with van der Waals surface area (Å²) in [7, 11) is 0. The summed E-state index contributed by atoms with van der Waals surface area (Å²) in [5.41, 5.74) is 5.68. The third kappa shape index (κ3) is 3.47. The lowest BCUT2D eigenvalue weighted by Crippen LogP contribution is -2.42. The maximum Gasteiger partial charge on any atom is 0.258 e. The molecule has 2 rings (SSSR count). The van der Waals surface area contributed by atoms with Crippen molar-refractivity contribution in [3.05, 3.63) is 30.3 Å². The fourth-order valence-corrected chi connectivity index (χ4v) is 2.42. The Balaban J connectivity index is 1.75. The minimum absolute atomic E-state index is 0.0656. The Morgan fingerprint density at radius 1 is 1.33 bits per heavy atom. The maximum absolute atomic E-state index is 11.8. The molecule has 1 amide bonds. The molecule has 2 atom stereocenters. The molecule has 0 heterocycles. The standard InChI is InChI=1S/C14H20N2O2/c15-9-11-5-4-8-13(11)16-14(17)10-18-12-6-2-1-3-7-12/h1-3,6-7,11,13H,4-5,8-10,15H2,(H,16,17). The van der Waals surface area contributed by atoms with Gasteiger partial charge >= 0.3 is 0 Å². The van der Waals surface area contributed by atoms with Gasteiger partial charge in [0, 0.05) is 6.04 Å². The molecule has 98 valence electrons. The molecule has 0 aliphatic heterocycles. The van der Waals surface area contributed by atoms with Gasteiger partial charge in [-0.05, 0) is 37.4 Å². The average Bonchev–Trinajstić information content (AvgIpc) is 2.85. The van der Waals surface area contributed by atoms with E-state index in [9.17, 15) is 4.79 Å². The number of hydrogen-bond donors (Lipinski definition) is 2. The van der Waals surface area contributed by atoms with Crippen LogP contribution in [0.15, 0.2) is 30.3 Å². The molecule has 1 aliphatic carbocycles. The number of ether oxygens (including phenoxy) is 1. The number of carbonyl (C=O) groups excluding carboxylic acids is 1. The van der Waals surface area contributed by atoms with Crippen molar-refractivity contribution < 1.29 is 9.53 Å². The van der Waals surface area contributed by atoms with Crippen molar-refractivity contribution >= 4 is 5.91 Å². The van der Waals surface area contributed by atoms with Crippen LogP contribution in [0.25, 0.3) is 0 Å². The highest BCUT2D eigenvalue weighted by Gasteiger charge is 2.27. The number of para-hydroxylation sites is 1. The van der Waals surface area contributed by atoms with Crippen LogP contribution in [0.3, 0.4) is 0 Å². The van der Waals surface area contributed by atoms with Gasteiger partial charge in [0.1, 0.15) is 5.75 Å². The average molecular weight is 248 g/mol. The van der Waals surface area contributed by atoms with Crippen molar-refractivity contribution in [1.29, 1.82) is 0 Å². The van der Waals surface area contributed by atoms with E-state index in [1.807, 2.05) is 30.3 Å². The summed E-state index contributed by atoms with van der Waals surface area (Å²) in [4.78, 5) is 11.8. The van der Waals surface area contributed by atoms with E-state index >= 15 is 0 Å². The molecular formula is C14H20N2O2. The van der Waals surface area contributed by atoms with Crippen molar-refractivity contribution in [3.63, 3.8) is 0 Å². The molecule has 1 saturated carbocycles. The van der Waals surface area contributed by atoms with Crippen LogP contribution in [0.5, 0.6) is 5.75 Å². The van der Waals surface area contributed by atoms with E-state index in [4.69, 9.17) is 10.5 Å². The quantitative estimate of drug-likeness (QED) is 0.825. The molecule has 1 fully saturated rings. The summed E-state index contributed by atoms with van der Waals surface area (Å²) < 4.78 is 5.40. The highest BCUT2D eigenvalue weighted by atomic mass is 16.5. The predicted molar refractivity (Wildman–Crippen MR) is 70.3 cm³/mol. The Kier molecular flexibility index (Phi) is 4.59. The molecule has 0 saturated heterocycles. The number of amides is 1. The van der Waals surface area contributed by atoms with Gasteiger partial charge in [0.25, 0.3) is 5.91 Å². The zero-order valence-electron chi connectivity index (χ0n) is 10.5. The summed E-state index contributed by atoms with van der Waals surface area (Å²) >= 11 is 0. The van der Waals surface area contributed by atoms with Gasteiger partial charge in [-0.25, -0.2) is 0 Å². The first-order valence-corrected chi connectivity index (χ1v) is 6.47. The molecule has 1 aliphatic rings.